The molecule has 0 aliphatic heterocycles. The van der Waals surface area contributed by atoms with Gasteiger partial charge in [0, 0.05) is 5.56 Å². The van der Waals surface area contributed by atoms with Gasteiger partial charge in [0.15, 0.2) is 11.5 Å². The van der Waals surface area contributed by atoms with Crippen molar-refractivity contribution in [3.05, 3.63) is 41.5 Å². The predicted octanol–water partition coefficient (Wildman–Crippen LogP) is 3.60. The SMILES string of the molecule is CCc1cc(CC)c(O)c(-c2ccc(O)c(O)c2)c1. The molecular formula is C16H18O3. The lowest BCUT2D eigenvalue weighted by Gasteiger charge is -2.12. The number of phenols is 3. The van der Waals surface area contributed by atoms with Gasteiger partial charge in [-0.05, 0) is 47.7 Å². The number of benzene rings is 2. The summed E-state index contributed by atoms with van der Waals surface area (Å²) in [5, 5.41) is 29.2. The first-order chi connectivity index (χ1) is 9.06. The van der Waals surface area contributed by atoms with Gasteiger partial charge in [-0.15, -0.1) is 0 Å². The highest BCUT2D eigenvalue weighted by Crippen LogP contribution is 2.37. The standard InChI is InChI=1S/C16H18O3/c1-3-10-7-11(4-2)16(19)13(8-10)12-5-6-14(17)15(18)9-12/h5-9,17-19H,3-4H2,1-2H3. The fraction of sp³-hybridized carbons (Fsp3) is 0.250. The molecule has 3 nitrogen and oxygen atoms in total. The summed E-state index contributed by atoms with van der Waals surface area (Å²) in [6.07, 6.45) is 1.63. The van der Waals surface area contributed by atoms with Gasteiger partial charge in [-0.25, -0.2) is 0 Å². The quantitative estimate of drug-likeness (QED) is 0.737. The van der Waals surface area contributed by atoms with Crippen molar-refractivity contribution in [2.75, 3.05) is 0 Å². The zero-order valence-corrected chi connectivity index (χ0v) is 11.1. The molecule has 0 unspecified atom stereocenters. The lowest BCUT2D eigenvalue weighted by atomic mass is 9.96. The maximum absolute atomic E-state index is 10.3. The molecule has 2 rings (SSSR count). The van der Waals surface area contributed by atoms with E-state index in [1.165, 1.54) is 12.1 Å². The highest BCUT2D eigenvalue weighted by Gasteiger charge is 2.12. The molecule has 0 aliphatic carbocycles. The fourth-order valence-electron chi connectivity index (χ4n) is 2.15. The Morgan fingerprint density at radius 3 is 2.16 bits per heavy atom. The van der Waals surface area contributed by atoms with Crippen molar-refractivity contribution in [3.8, 4) is 28.4 Å². The Balaban J connectivity index is 2.63. The van der Waals surface area contributed by atoms with E-state index in [2.05, 4.69) is 6.92 Å². The van der Waals surface area contributed by atoms with E-state index in [9.17, 15) is 15.3 Å². The van der Waals surface area contributed by atoms with Crippen molar-refractivity contribution in [2.45, 2.75) is 26.7 Å². The molecule has 19 heavy (non-hydrogen) atoms. The van der Waals surface area contributed by atoms with E-state index in [0.29, 0.717) is 11.1 Å². The minimum absolute atomic E-state index is 0.161. The van der Waals surface area contributed by atoms with Crippen molar-refractivity contribution in [1.82, 2.24) is 0 Å². The normalized spacial score (nSPS) is 10.6. The monoisotopic (exact) mass is 258 g/mol. The second-order valence-corrected chi connectivity index (χ2v) is 4.56. The Bertz CT molecular complexity index is 603. The summed E-state index contributed by atoms with van der Waals surface area (Å²) in [7, 11) is 0. The van der Waals surface area contributed by atoms with E-state index in [4.69, 9.17) is 0 Å². The van der Waals surface area contributed by atoms with E-state index in [1.807, 2.05) is 19.1 Å². The molecule has 0 aliphatic rings. The molecule has 0 spiro atoms. The van der Waals surface area contributed by atoms with Crippen LogP contribution in [-0.4, -0.2) is 15.3 Å². The van der Waals surface area contributed by atoms with Crippen molar-refractivity contribution < 1.29 is 15.3 Å². The number of rotatable bonds is 3. The fourth-order valence-corrected chi connectivity index (χ4v) is 2.15. The largest absolute Gasteiger partial charge is 0.507 e. The van der Waals surface area contributed by atoms with Gasteiger partial charge in [-0.1, -0.05) is 26.0 Å². The summed E-state index contributed by atoms with van der Waals surface area (Å²) in [6.45, 7) is 4.05. The first kappa shape index (κ1) is 13.3. The van der Waals surface area contributed by atoms with Gasteiger partial charge in [0.2, 0.25) is 0 Å². The number of aromatic hydroxyl groups is 3. The third kappa shape index (κ3) is 2.50. The minimum Gasteiger partial charge on any atom is -0.507 e. The topological polar surface area (TPSA) is 60.7 Å². The molecule has 0 atom stereocenters. The van der Waals surface area contributed by atoms with Crippen LogP contribution in [0.25, 0.3) is 11.1 Å². The van der Waals surface area contributed by atoms with E-state index in [0.717, 1.165) is 24.0 Å². The molecule has 2 aromatic rings. The molecule has 2 aromatic carbocycles. The van der Waals surface area contributed by atoms with Crippen LogP contribution in [0.3, 0.4) is 0 Å². The van der Waals surface area contributed by atoms with Crippen LogP contribution < -0.4 is 0 Å². The molecule has 0 fully saturated rings. The van der Waals surface area contributed by atoms with Crippen molar-refractivity contribution in [2.24, 2.45) is 0 Å². The molecule has 0 amide bonds. The van der Waals surface area contributed by atoms with Gasteiger partial charge in [0.1, 0.15) is 5.75 Å². The van der Waals surface area contributed by atoms with E-state index >= 15 is 0 Å². The molecule has 0 heterocycles. The van der Waals surface area contributed by atoms with Crippen molar-refractivity contribution >= 4 is 0 Å². The lowest BCUT2D eigenvalue weighted by molar-refractivity contribution is 0.404. The molecular weight excluding hydrogens is 240 g/mol. The van der Waals surface area contributed by atoms with Crippen LogP contribution in [0.4, 0.5) is 0 Å². The Labute approximate surface area is 112 Å². The number of hydrogen-bond acceptors (Lipinski definition) is 3. The third-order valence-electron chi connectivity index (χ3n) is 3.32. The summed E-state index contributed by atoms with van der Waals surface area (Å²) in [5.41, 5.74) is 3.41. The molecule has 3 heteroatoms. The van der Waals surface area contributed by atoms with Crippen molar-refractivity contribution in [1.29, 1.82) is 0 Å². The Morgan fingerprint density at radius 2 is 1.58 bits per heavy atom. The minimum atomic E-state index is -0.183. The summed E-state index contributed by atoms with van der Waals surface area (Å²) >= 11 is 0. The maximum atomic E-state index is 10.3. The number of hydrogen-bond donors (Lipinski definition) is 3. The maximum Gasteiger partial charge on any atom is 0.158 e. The smallest absolute Gasteiger partial charge is 0.158 e. The third-order valence-corrected chi connectivity index (χ3v) is 3.32. The highest BCUT2D eigenvalue weighted by molar-refractivity contribution is 5.74. The van der Waals surface area contributed by atoms with E-state index in [1.54, 1.807) is 6.07 Å². The average molecular weight is 258 g/mol. The number of phenolic OH excluding ortho intramolecular Hbond substituents is 3. The zero-order valence-electron chi connectivity index (χ0n) is 11.1. The van der Waals surface area contributed by atoms with Gasteiger partial charge >= 0.3 is 0 Å². The zero-order chi connectivity index (χ0) is 14.0. The van der Waals surface area contributed by atoms with Gasteiger partial charge in [0.05, 0.1) is 0 Å². The molecule has 0 bridgehead atoms. The molecule has 100 valence electrons. The Morgan fingerprint density at radius 1 is 0.842 bits per heavy atom. The first-order valence-corrected chi connectivity index (χ1v) is 6.43. The number of aryl methyl sites for hydroxylation is 2. The van der Waals surface area contributed by atoms with Crippen LogP contribution in [0, 0.1) is 0 Å². The van der Waals surface area contributed by atoms with Crippen LogP contribution in [0.2, 0.25) is 0 Å². The van der Waals surface area contributed by atoms with Gasteiger partial charge in [-0.3, -0.25) is 0 Å². The summed E-state index contributed by atoms with van der Waals surface area (Å²) in [5.74, 6) is -0.104. The average Bonchev–Trinajstić information content (AvgIpc) is 2.42. The first-order valence-electron chi connectivity index (χ1n) is 6.43. The van der Waals surface area contributed by atoms with Gasteiger partial charge in [0.25, 0.3) is 0 Å². The van der Waals surface area contributed by atoms with Crippen molar-refractivity contribution in [3.63, 3.8) is 0 Å². The molecule has 3 N–H and O–H groups in total. The molecule has 0 aromatic heterocycles. The van der Waals surface area contributed by atoms with Gasteiger partial charge in [-0.2, -0.15) is 0 Å². The highest BCUT2D eigenvalue weighted by atomic mass is 16.3. The summed E-state index contributed by atoms with van der Waals surface area (Å²) in [4.78, 5) is 0. The second-order valence-electron chi connectivity index (χ2n) is 4.56. The van der Waals surface area contributed by atoms with Crippen LogP contribution >= 0.6 is 0 Å². The summed E-state index contributed by atoms with van der Waals surface area (Å²) in [6, 6.07) is 8.49. The Kier molecular flexibility index (Phi) is 3.65. The summed E-state index contributed by atoms with van der Waals surface area (Å²) < 4.78 is 0. The van der Waals surface area contributed by atoms with Crippen LogP contribution in [0.1, 0.15) is 25.0 Å². The molecule has 0 saturated heterocycles. The Hall–Kier alpha value is -2.16. The second kappa shape index (κ2) is 5.22. The van der Waals surface area contributed by atoms with Crippen LogP contribution in [0.15, 0.2) is 30.3 Å². The lowest BCUT2D eigenvalue weighted by Crippen LogP contribution is -1.91. The molecule has 0 saturated carbocycles. The predicted molar refractivity (Wildman–Crippen MR) is 75.6 cm³/mol. The van der Waals surface area contributed by atoms with Crippen LogP contribution in [-0.2, 0) is 12.8 Å². The van der Waals surface area contributed by atoms with Gasteiger partial charge < -0.3 is 15.3 Å². The van der Waals surface area contributed by atoms with E-state index < -0.39 is 0 Å². The van der Waals surface area contributed by atoms with Crippen LogP contribution in [0.5, 0.6) is 17.2 Å². The van der Waals surface area contributed by atoms with E-state index in [-0.39, 0.29) is 17.2 Å². The molecule has 0 radical (unpaired) electrons.